The van der Waals surface area contributed by atoms with E-state index >= 15 is 0 Å². The van der Waals surface area contributed by atoms with E-state index in [1.807, 2.05) is 31.2 Å². The first-order chi connectivity index (χ1) is 13.1. The lowest BCUT2D eigenvalue weighted by Gasteiger charge is -2.33. The van der Waals surface area contributed by atoms with Crippen molar-refractivity contribution in [2.24, 2.45) is 0 Å². The highest BCUT2D eigenvalue weighted by atomic mass is 32.2. The molecule has 1 fully saturated rings. The molecule has 0 saturated carbocycles. The second kappa shape index (κ2) is 9.03. The van der Waals surface area contributed by atoms with Gasteiger partial charge in [0.15, 0.2) is 0 Å². The number of amides is 1. The minimum atomic E-state index is -0.489. The van der Waals surface area contributed by atoms with E-state index in [0.29, 0.717) is 30.7 Å². The van der Waals surface area contributed by atoms with E-state index in [4.69, 9.17) is 9.15 Å². The highest BCUT2D eigenvalue weighted by Gasteiger charge is 2.33. The Morgan fingerprint density at radius 3 is 2.89 bits per heavy atom. The van der Waals surface area contributed by atoms with Crippen LogP contribution in [0.25, 0.3) is 11.5 Å². The lowest BCUT2D eigenvalue weighted by atomic mass is 10.0. The third-order valence-corrected chi connectivity index (χ3v) is 5.29. The number of carbonyl (C=O) groups is 2. The first-order valence-electron chi connectivity index (χ1n) is 9.08. The molecule has 0 aliphatic carbocycles. The molecule has 144 valence electrons. The fourth-order valence-corrected chi connectivity index (χ4v) is 3.76. The summed E-state index contributed by atoms with van der Waals surface area (Å²) in [6, 6.07) is 7.26. The van der Waals surface area contributed by atoms with Crippen molar-refractivity contribution in [1.82, 2.24) is 15.1 Å². The topological polar surface area (TPSA) is 85.5 Å². The minimum absolute atomic E-state index is 0.117. The quantitative estimate of drug-likeness (QED) is 0.554. The molecule has 0 unspecified atom stereocenters. The molecule has 0 radical (unpaired) electrons. The Balaban J connectivity index is 1.62. The predicted molar refractivity (Wildman–Crippen MR) is 101 cm³/mol. The van der Waals surface area contributed by atoms with Gasteiger partial charge in [-0.2, -0.15) is 0 Å². The molecule has 2 aromatic rings. The summed E-state index contributed by atoms with van der Waals surface area (Å²) in [6.07, 6.45) is 2.46. The number of aryl methyl sites for hydroxylation is 1. The molecule has 1 atom stereocenters. The number of piperidine rings is 1. The fraction of sp³-hybridized carbons (Fsp3) is 0.474. The zero-order chi connectivity index (χ0) is 19.2. The molecule has 1 aromatic heterocycles. The molecule has 1 aromatic carbocycles. The summed E-state index contributed by atoms with van der Waals surface area (Å²) in [6.45, 7) is 4.63. The number of hydrogen-bond donors (Lipinski definition) is 0. The van der Waals surface area contributed by atoms with E-state index in [1.54, 1.807) is 11.8 Å². The number of ether oxygens (including phenoxy) is 1. The average Bonchev–Trinajstić information content (AvgIpc) is 3.15. The van der Waals surface area contributed by atoms with Gasteiger partial charge >= 0.3 is 5.97 Å². The van der Waals surface area contributed by atoms with E-state index in [1.165, 1.54) is 11.8 Å². The van der Waals surface area contributed by atoms with Gasteiger partial charge in [0.25, 0.3) is 5.22 Å². The molecular weight excluding hydrogens is 366 g/mol. The van der Waals surface area contributed by atoms with Crippen LogP contribution in [0, 0.1) is 6.92 Å². The Kier molecular flexibility index (Phi) is 6.49. The molecular formula is C19H23N3O4S. The zero-order valence-corrected chi connectivity index (χ0v) is 16.3. The van der Waals surface area contributed by atoms with Crippen LogP contribution in [-0.2, 0) is 14.3 Å². The second-order valence-electron chi connectivity index (χ2n) is 6.33. The molecule has 3 rings (SSSR count). The number of hydrogen-bond acceptors (Lipinski definition) is 7. The van der Waals surface area contributed by atoms with Crippen molar-refractivity contribution < 1.29 is 18.7 Å². The lowest BCUT2D eigenvalue weighted by molar-refractivity contribution is -0.155. The van der Waals surface area contributed by atoms with Crippen molar-refractivity contribution in [2.75, 3.05) is 18.9 Å². The Morgan fingerprint density at radius 2 is 2.11 bits per heavy atom. The second-order valence-corrected chi connectivity index (χ2v) is 7.25. The largest absolute Gasteiger partial charge is 0.464 e. The SMILES string of the molecule is CCOC(=O)[C@H]1CCCCN1C(=O)CSc1nnc(-c2ccccc2C)o1. The molecule has 1 amide bonds. The average molecular weight is 389 g/mol. The summed E-state index contributed by atoms with van der Waals surface area (Å²) in [5.74, 6) is 0.139. The molecule has 0 bridgehead atoms. The van der Waals surface area contributed by atoms with Gasteiger partial charge < -0.3 is 14.1 Å². The van der Waals surface area contributed by atoms with Crippen LogP contribution in [0.1, 0.15) is 31.7 Å². The van der Waals surface area contributed by atoms with Crippen molar-refractivity contribution in [2.45, 2.75) is 44.4 Å². The number of esters is 1. The molecule has 1 saturated heterocycles. The molecule has 8 heteroatoms. The van der Waals surface area contributed by atoms with Crippen molar-refractivity contribution in [1.29, 1.82) is 0 Å². The summed E-state index contributed by atoms with van der Waals surface area (Å²) >= 11 is 1.19. The number of nitrogens with zero attached hydrogens (tertiary/aromatic N) is 3. The Morgan fingerprint density at radius 1 is 1.30 bits per heavy atom. The van der Waals surface area contributed by atoms with Crippen LogP contribution < -0.4 is 0 Å². The first-order valence-corrected chi connectivity index (χ1v) is 10.1. The van der Waals surface area contributed by atoms with Gasteiger partial charge in [-0.1, -0.05) is 30.0 Å². The summed E-state index contributed by atoms with van der Waals surface area (Å²) < 4.78 is 10.8. The van der Waals surface area contributed by atoms with Gasteiger partial charge in [-0.3, -0.25) is 4.79 Å². The summed E-state index contributed by atoms with van der Waals surface area (Å²) in [4.78, 5) is 26.4. The van der Waals surface area contributed by atoms with Crippen LogP contribution in [0.3, 0.4) is 0 Å². The van der Waals surface area contributed by atoms with Crippen molar-refractivity contribution in [3.8, 4) is 11.5 Å². The maximum Gasteiger partial charge on any atom is 0.328 e. The normalized spacial score (nSPS) is 17.0. The van der Waals surface area contributed by atoms with Crippen LogP contribution >= 0.6 is 11.8 Å². The van der Waals surface area contributed by atoms with E-state index in [9.17, 15) is 9.59 Å². The summed E-state index contributed by atoms with van der Waals surface area (Å²) in [7, 11) is 0. The predicted octanol–water partition coefficient (Wildman–Crippen LogP) is 3.08. The Hall–Kier alpha value is -2.35. The van der Waals surface area contributed by atoms with Gasteiger partial charge in [0.1, 0.15) is 6.04 Å². The Bertz CT molecular complexity index is 808. The van der Waals surface area contributed by atoms with Crippen molar-refractivity contribution in [3.05, 3.63) is 29.8 Å². The van der Waals surface area contributed by atoms with Gasteiger partial charge in [-0.05, 0) is 44.7 Å². The zero-order valence-electron chi connectivity index (χ0n) is 15.5. The number of aromatic nitrogens is 2. The summed E-state index contributed by atoms with van der Waals surface area (Å²) in [5, 5.41) is 8.43. The fourth-order valence-electron chi connectivity index (χ4n) is 3.11. The number of rotatable bonds is 6. The number of carbonyl (C=O) groups excluding carboxylic acids is 2. The van der Waals surface area contributed by atoms with Gasteiger partial charge in [0.05, 0.1) is 12.4 Å². The van der Waals surface area contributed by atoms with Gasteiger partial charge in [-0.15, -0.1) is 10.2 Å². The minimum Gasteiger partial charge on any atom is -0.464 e. The molecule has 0 spiro atoms. The molecule has 7 nitrogen and oxygen atoms in total. The van der Waals surface area contributed by atoms with Crippen LogP contribution in [0.15, 0.2) is 33.9 Å². The number of benzene rings is 1. The molecule has 27 heavy (non-hydrogen) atoms. The van der Waals surface area contributed by atoms with Gasteiger partial charge in [-0.25, -0.2) is 4.79 Å². The third kappa shape index (κ3) is 4.68. The highest BCUT2D eigenvalue weighted by molar-refractivity contribution is 7.99. The molecule has 1 aliphatic heterocycles. The lowest BCUT2D eigenvalue weighted by Crippen LogP contribution is -2.49. The van der Waals surface area contributed by atoms with Gasteiger partial charge in [0, 0.05) is 12.1 Å². The standard InChI is InChI=1S/C19H23N3O4S/c1-3-25-18(24)15-10-6-7-11-22(15)16(23)12-27-19-21-20-17(26-19)14-9-5-4-8-13(14)2/h4-5,8-9,15H,3,6-7,10-12H2,1-2H3/t15-/m1/s1. The monoisotopic (exact) mass is 389 g/mol. The van der Waals surface area contributed by atoms with E-state index in [0.717, 1.165) is 24.0 Å². The van der Waals surface area contributed by atoms with E-state index in [-0.39, 0.29) is 17.6 Å². The third-order valence-electron chi connectivity index (χ3n) is 4.48. The van der Waals surface area contributed by atoms with Crippen molar-refractivity contribution in [3.63, 3.8) is 0 Å². The number of likely N-dealkylation sites (tertiary alicyclic amines) is 1. The van der Waals surface area contributed by atoms with Crippen LogP contribution in [-0.4, -0.2) is 51.9 Å². The summed E-state index contributed by atoms with van der Waals surface area (Å²) in [5.41, 5.74) is 1.92. The van der Waals surface area contributed by atoms with E-state index in [2.05, 4.69) is 10.2 Å². The maximum atomic E-state index is 12.6. The molecule has 0 N–H and O–H groups in total. The van der Waals surface area contributed by atoms with Crippen LogP contribution in [0.5, 0.6) is 0 Å². The van der Waals surface area contributed by atoms with Crippen molar-refractivity contribution >= 4 is 23.6 Å². The highest BCUT2D eigenvalue weighted by Crippen LogP contribution is 2.26. The Labute approximate surface area is 162 Å². The van der Waals surface area contributed by atoms with E-state index < -0.39 is 6.04 Å². The maximum absolute atomic E-state index is 12.6. The molecule has 1 aliphatic rings. The first kappa shape index (κ1) is 19.4. The van der Waals surface area contributed by atoms with Gasteiger partial charge in [0.2, 0.25) is 11.8 Å². The van der Waals surface area contributed by atoms with Crippen LogP contribution in [0.2, 0.25) is 0 Å². The number of thioether (sulfide) groups is 1. The van der Waals surface area contributed by atoms with Crippen LogP contribution in [0.4, 0.5) is 0 Å². The smallest absolute Gasteiger partial charge is 0.328 e. The molecule has 2 heterocycles.